The van der Waals surface area contributed by atoms with Gasteiger partial charge in [0.15, 0.2) is 0 Å². The van der Waals surface area contributed by atoms with Gasteiger partial charge in [0, 0.05) is 41.3 Å². The van der Waals surface area contributed by atoms with Gasteiger partial charge in [0.2, 0.25) is 0 Å². The molecule has 1 aromatic rings. The molecule has 122 valence electrons. The molecular weight excluding hydrogens is 317 g/mol. The number of rotatable bonds is 5. The number of halogens is 3. The van der Waals surface area contributed by atoms with Crippen LogP contribution >= 0.6 is 0 Å². The Morgan fingerprint density at radius 1 is 1.36 bits per heavy atom. The van der Waals surface area contributed by atoms with Crippen molar-refractivity contribution in [3.8, 4) is 0 Å². The van der Waals surface area contributed by atoms with Gasteiger partial charge in [-0.1, -0.05) is 18.2 Å². The molecule has 0 heterocycles. The summed E-state index contributed by atoms with van der Waals surface area (Å²) in [6.45, 7) is 0.269. The van der Waals surface area contributed by atoms with Gasteiger partial charge in [-0.15, -0.1) is 0 Å². The van der Waals surface area contributed by atoms with Gasteiger partial charge in [0.1, 0.15) is 0 Å². The van der Waals surface area contributed by atoms with Crippen LogP contribution in [0.3, 0.4) is 0 Å². The Labute approximate surface area is 128 Å². The summed E-state index contributed by atoms with van der Waals surface area (Å²) in [7, 11) is -0.996. The maximum Gasteiger partial charge on any atom is 0.416 e. The zero-order valence-electron chi connectivity index (χ0n) is 11.9. The fourth-order valence-electron chi connectivity index (χ4n) is 2.30. The summed E-state index contributed by atoms with van der Waals surface area (Å²) >= 11 is 0. The SMILES string of the molecule is C[S@](=O)CCNC(=O)N[C@H]1C[C@H]1c1ccccc1C(F)(F)F. The van der Waals surface area contributed by atoms with E-state index in [-0.39, 0.29) is 24.1 Å². The van der Waals surface area contributed by atoms with Crippen LogP contribution in [0.4, 0.5) is 18.0 Å². The minimum absolute atomic E-state index is 0.218. The number of benzene rings is 1. The van der Waals surface area contributed by atoms with Crippen molar-refractivity contribution in [3.05, 3.63) is 35.4 Å². The normalized spacial score (nSPS) is 22.0. The average molecular weight is 334 g/mol. The van der Waals surface area contributed by atoms with E-state index >= 15 is 0 Å². The number of amides is 2. The number of nitrogens with one attached hydrogen (secondary N) is 2. The number of carbonyl (C=O) groups is 1. The lowest BCUT2D eigenvalue weighted by Gasteiger charge is -2.13. The van der Waals surface area contributed by atoms with E-state index < -0.39 is 28.6 Å². The molecule has 1 aliphatic carbocycles. The van der Waals surface area contributed by atoms with E-state index in [4.69, 9.17) is 0 Å². The first-order chi connectivity index (χ1) is 10.3. The first-order valence-corrected chi connectivity index (χ1v) is 8.52. The summed E-state index contributed by atoms with van der Waals surface area (Å²) in [6.07, 6.45) is -2.37. The molecular formula is C14H17F3N2O2S. The average Bonchev–Trinajstić information content (AvgIpc) is 3.16. The lowest BCUT2D eigenvalue weighted by atomic mass is 10.0. The molecule has 0 bridgehead atoms. The highest BCUT2D eigenvalue weighted by atomic mass is 32.2. The zero-order valence-corrected chi connectivity index (χ0v) is 12.8. The smallest absolute Gasteiger partial charge is 0.337 e. The van der Waals surface area contributed by atoms with Crippen LogP contribution in [0.25, 0.3) is 0 Å². The third kappa shape index (κ3) is 4.46. The lowest BCUT2D eigenvalue weighted by molar-refractivity contribution is -0.138. The Morgan fingerprint density at radius 2 is 2.05 bits per heavy atom. The summed E-state index contributed by atoms with van der Waals surface area (Å²) < 4.78 is 49.7. The second-order valence-corrected chi connectivity index (χ2v) is 6.77. The second-order valence-electron chi connectivity index (χ2n) is 5.21. The van der Waals surface area contributed by atoms with Crippen molar-refractivity contribution in [1.82, 2.24) is 10.6 Å². The topological polar surface area (TPSA) is 58.2 Å². The van der Waals surface area contributed by atoms with Crippen LogP contribution in [0.1, 0.15) is 23.5 Å². The van der Waals surface area contributed by atoms with Gasteiger partial charge in [0.05, 0.1) is 5.56 Å². The highest BCUT2D eigenvalue weighted by Crippen LogP contribution is 2.45. The third-order valence-corrected chi connectivity index (χ3v) is 4.23. The Balaban J connectivity index is 1.91. The zero-order chi connectivity index (χ0) is 16.3. The monoisotopic (exact) mass is 334 g/mol. The van der Waals surface area contributed by atoms with Gasteiger partial charge >= 0.3 is 12.2 Å². The van der Waals surface area contributed by atoms with Gasteiger partial charge in [-0.25, -0.2) is 4.79 Å². The minimum Gasteiger partial charge on any atom is -0.337 e. The number of hydrogen-bond donors (Lipinski definition) is 2. The van der Waals surface area contributed by atoms with E-state index in [1.165, 1.54) is 18.4 Å². The van der Waals surface area contributed by atoms with Gasteiger partial charge < -0.3 is 10.6 Å². The first-order valence-electron chi connectivity index (χ1n) is 6.79. The van der Waals surface area contributed by atoms with E-state index in [9.17, 15) is 22.2 Å². The molecule has 0 spiro atoms. The Morgan fingerprint density at radius 3 is 2.68 bits per heavy atom. The van der Waals surface area contributed by atoms with Crippen molar-refractivity contribution in [2.75, 3.05) is 18.6 Å². The summed E-state index contributed by atoms with van der Waals surface area (Å²) in [4.78, 5) is 11.6. The van der Waals surface area contributed by atoms with Crippen LogP contribution in [0.15, 0.2) is 24.3 Å². The van der Waals surface area contributed by atoms with Gasteiger partial charge in [-0.05, 0) is 18.1 Å². The Bertz CT molecular complexity index is 577. The van der Waals surface area contributed by atoms with Gasteiger partial charge in [-0.2, -0.15) is 13.2 Å². The van der Waals surface area contributed by atoms with Gasteiger partial charge in [0.25, 0.3) is 0 Å². The predicted octanol–water partition coefficient (Wildman–Crippen LogP) is 2.24. The van der Waals surface area contributed by atoms with Crippen molar-refractivity contribution in [2.24, 2.45) is 0 Å². The summed E-state index contributed by atoms with van der Waals surface area (Å²) in [5.41, 5.74) is -0.430. The maximum absolute atomic E-state index is 12.9. The molecule has 0 unspecified atom stereocenters. The van der Waals surface area contributed by atoms with E-state index in [0.29, 0.717) is 12.2 Å². The number of urea groups is 1. The molecule has 22 heavy (non-hydrogen) atoms. The Kier molecular flexibility index (Phi) is 5.10. The molecule has 0 aromatic heterocycles. The molecule has 0 aliphatic heterocycles. The number of carbonyl (C=O) groups excluding carboxylic acids is 1. The Hall–Kier alpha value is -1.57. The van der Waals surface area contributed by atoms with Crippen LogP contribution in [0.5, 0.6) is 0 Å². The van der Waals surface area contributed by atoms with Crippen LogP contribution < -0.4 is 10.6 Å². The van der Waals surface area contributed by atoms with Crippen molar-refractivity contribution in [3.63, 3.8) is 0 Å². The first kappa shape index (κ1) is 16.8. The fraction of sp³-hybridized carbons (Fsp3) is 0.500. The molecule has 1 fully saturated rings. The van der Waals surface area contributed by atoms with E-state index in [1.54, 1.807) is 6.07 Å². The van der Waals surface area contributed by atoms with Crippen molar-refractivity contribution in [2.45, 2.75) is 24.6 Å². The van der Waals surface area contributed by atoms with Crippen LogP contribution in [-0.4, -0.2) is 34.8 Å². The lowest BCUT2D eigenvalue weighted by Crippen LogP contribution is -2.39. The predicted molar refractivity (Wildman–Crippen MR) is 78.1 cm³/mol. The molecule has 3 atom stereocenters. The molecule has 1 aromatic carbocycles. The maximum atomic E-state index is 12.9. The minimum atomic E-state index is -4.39. The van der Waals surface area contributed by atoms with Crippen LogP contribution in [0, 0.1) is 0 Å². The van der Waals surface area contributed by atoms with Crippen molar-refractivity contribution < 1.29 is 22.2 Å². The quantitative estimate of drug-likeness (QED) is 0.868. The molecule has 2 rings (SSSR count). The highest BCUT2D eigenvalue weighted by Gasteiger charge is 2.44. The molecule has 1 aliphatic rings. The third-order valence-electron chi connectivity index (χ3n) is 3.45. The molecule has 1 saturated carbocycles. The van der Waals surface area contributed by atoms with E-state index in [2.05, 4.69) is 10.6 Å². The van der Waals surface area contributed by atoms with Crippen LogP contribution in [0.2, 0.25) is 0 Å². The van der Waals surface area contributed by atoms with Gasteiger partial charge in [-0.3, -0.25) is 4.21 Å². The molecule has 0 saturated heterocycles. The summed E-state index contributed by atoms with van der Waals surface area (Å²) in [5, 5.41) is 5.18. The number of hydrogen-bond acceptors (Lipinski definition) is 2. The fourth-order valence-corrected chi connectivity index (χ4v) is 2.69. The number of alkyl halides is 3. The molecule has 2 amide bonds. The van der Waals surface area contributed by atoms with Crippen LogP contribution in [-0.2, 0) is 17.0 Å². The van der Waals surface area contributed by atoms with E-state index in [1.807, 2.05) is 0 Å². The van der Waals surface area contributed by atoms with Crippen molar-refractivity contribution in [1.29, 1.82) is 0 Å². The molecule has 4 nitrogen and oxygen atoms in total. The standard InChI is InChI=1S/C14H17F3N2O2S/c1-22(21)7-6-18-13(20)19-12-8-10(12)9-4-2-3-5-11(9)14(15,16)17/h2-5,10,12H,6-8H2,1H3,(H2,18,19,20)/t10-,12-,22-/m0/s1. The molecule has 0 radical (unpaired) electrons. The van der Waals surface area contributed by atoms with E-state index in [0.717, 1.165) is 6.07 Å². The largest absolute Gasteiger partial charge is 0.416 e. The highest BCUT2D eigenvalue weighted by molar-refractivity contribution is 7.84. The summed E-state index contributed by atoms with van der Waals surface area (Å²) in [6, 6.07) is 4.69. The second kappa shape index (κ2) is 6.68. The molecule has 2 N–H and O–H groups in total. The molecule has 8 heteroatoms. The van der Waals surface area contributed by atoms with Crippen molar-refractivity contribution >= 4 is 16.8 Å². The summed E-state index contributed by atoms with van der Waals surface area (Å²) in [5.74, 6) is 0.0298.